The van der Waals surface area contributed by atoms with Gasteiger partial charge in [-0.15, -0.1) is 0 Å². The van der Waals surface area contributed by atoms with Crippen molar-refractivity contribution in [2.24, 2.45) is 0 Å². The van der Waals surface area contributed by atoms with Crippen LogP contribution >= 0.6 is 0 Å². The predicted molar refractivity (Wildman–Crippen MR) is 78.8 cm³/mol. The van der Waals surface area contributed by atoms with Crippen molar-refractivity contribution < 1.29 is 5.11 Å². The van der Waals surface area contributed by atoms with E-state index in [0.717, 1.165) is 25.9 Å². The summed E-state index contributed by atoms with van der Waals surface area (Å²) in [5.74, 6) is 0. The molecule has 0 aliphatic carbocycles. The van der Waals surface area contributed by atoms with Crippen molar-refractivity contribution in [1.29, 1.82) is 0 Å². The van der Waals surface area contributed by atoms with Crippen LogP contribution in [0.25, 0.3) is 5.57 Å². The largest absolute Gasteiger partial charge is 0.386 e. The van der Waals surface area contributed by atoms with Crippen LogP contribution in [-0.4, -0.2) is 24.3 Å². The summed E-state index contributed by atoms with van der Waals surface area (Å²) in [6, 6.07) is 2.41. The molecule has 1 aromatic carbocycles. The van der Waals surface area contributed by atoms with Gasteiger partial charge in [0.05, 0.1) is 0 Å². The molecule has 0 amide bonds. The van der Waals surface area contributed by atoms with E-state index in [2.05, 4.69) is 31.4 Å². The Balaban J connectivity index is 2.45. The fraction of sp³-hybridized carbons (Fsp3) is 0.588. The normalized spacial score (nSPS) is 21.3. The van der Waals surface area contributed by atoms with Gasteiger partial charge in [-0.05, 0) is 43.5 Å². The maximum absolute atomic E-state index is 10.2. The van der Waals surface area contributed by atoms with Gasteiger partial charge < -0.3 is 5.11 Å². The predicted octanol–water partition coefficient (Wildman–Crippen LogP) is 0.794. The molecule has 0 saturated carbocycles. The lowest BCUT2D eigenvalue weighted by Gasteiger charge is -2.24. The summed E-state index contributed by atoms with van der Waals surface area (Å²) in [6.45, 7) is 8.56. The van der Waals surface area contributed by atoms with Gasteiger partial charge in [0.2, 0.25) is 5.36 Å². The summed E-state index contributed by atoms with van der Waals surface area (Å²) >= 11 is 0. The summed E-state index contributed by atoms with van der Waals surface area (Å²) in [7, 11) is 0. The van der Waals surface area contributed by atoms with Crippen LogP contribution in [0.3, 0.4) is 0 Å². The van der Waals surface area contributed by atoms with Gasteiger partial charge in [-0.1, -0.05) is 12.5 Å². The molecule has 0 fully saturated rings. The van der Waals surface area contributed by atoms with E-state index in [1.807, 2.05) is 0 Å². The van der Waals surface area contributed by atoms with Crippen LogP contribution in [0, 0.1) is 0 Å². The number of rotatable bonds is 1. The van der Waals surface area contributed by atoms with E-state index in [-0.39, 0.29) is 6.10 Å². The summed E-state index contributed by atoms with van der Waals surface area (Å²) in [6.07, 6.45) is 4.11. The van der Waals surface area contributed by atoms with Crippen molar-refractivity contribution in [3.05, 3.63) is 33.3 Å². The number of aliphatic hydroxyl groups excluding tert-OH is 1. The second-order valence-corrected chi connectivity index (χ2v) is 6.15. The molecule has 0 saturated heterocycles. The molecular weight excluding hydrogens is 234 g/mol. The van der Waals surface area contributed by atoms with Crippen LogP contribution in [0.2, 0.25) is 0 Å². The highest BCUT2D eigenvalue weighted by Crippen LogP contribution is 2.14. The Labute approximate surface area is 115 Å². The van der Waals surface area contributed by atoms with E-state index in [1.54, 1.807) is 0 Å². The first-order valence-corrected chi connectivity index (χ1v) is 7.53. The number of aryl methyl sites for hydroxylation is 1. The summed E-state index contributed by atoms with van der Waals surface area (Å²) in [4.78, 5) is 0. The van der Waals surface area contributed by atoms with Gasteiger partial charge >= 0.3 is 0 Å². The van der Waals surface area contributed by atoms with Crippen molar-refractivity contribution in [1.82, 2.24) is 4.58 Å². The van der Waals surface area contributed by atoms with Crippen LogP contribution in [-0.2, 0) is 19.3 Å². The van der Waals surface area contributed by atoms with Crippen molar-refractivity contribution >= 4 is 5.57 Å². The smallest absolute Gasteiger partial charge is 0.206 e. The lowest BCUT2D eigenvalue weighted by molar-refractivity contribution is 0.153. The van der Waals surface area contributed by atoms with E-state index < -0.39 is 0 Å². The van der Waals surface area contributed by atoms with Gasteiger partial charge in [0.1, 0.15) is 12.6 Å². The van der Waals surface area contributed by atoms with E-state index in [9.17, 15) is 5.11 Å². The monoisotopic (exact) mass is 258 g/mol. The van der Waals surface area contributed by atoms with E-state index in [4.69, 9.17) is 0 Å². The molecular formula is C17H24NO+. The van der Waals surface area contributed by atoms with Crippen molar-refractivity contribution in [3.63, 3.8) is 0 Å². The first-order chi connectivity index (χ1) is 9.11. The fourth-order valence-electron chi connectivity index (χ4n) is 3.79. The molecule has 0 bridgehead atoms. The molecule has 0 aromatic heterocycles. The lowest BCUT2D eigenvalue weighted by atomic mass is 9.88. The summed E-state index contributed by atoms with van der Waals surface area (Å²) < 4.78 is 2.41. The van der Waals surface area contributed by atoms with E-state index in [1.165, 1.54) is 45.7 Å². The molecule has 0 spiro atoms. The summed E-state index contributed by atoms with van der Waals surface area (Å²) in [5.41, 5.74) is 5.79. The average Bonchev–Trinajstić information content (AvgIpc) is 2.38. The Hall–Kier alpha value is -1.15. The Morgan fingerprint density at radius 2 is 2.21 bits per heavy atom. The highest BCUT2D eigenvalue weighted by atomic mass is 16.3. The lowest BCUT2D eigenvalue weighted by Crippen LogP contribution is -2.50. The number of aliphatic hydroxyl groups is 1. The SMILES string of the molecule is CCc1c2c3c(cc1=C(C)C)CCC[N+]=3CC(O)C2. The zero-order valence-electron chi connectivity index (χ0n) is 12.3. The Morgan fingerprint density at radius 1 is 1.42 bits per heavy atom. The number of nitrogens with zero attached hydrogens (tertiary/aromatic N) is 1. The molecule has 2 aliphatic rings. The maximum Gasteiger partial charge on any atom is 0.206 e. The van der Waals surface area contributed by atoms with E-state index >= 15 is 0 Å². The third-order valence-corrected chi connectivity index (χ3v) is 4.55. The molecule has 1 N–H and O–H groups in total. The second-order valence-electron chi connectivity index (χ2n) is 6.15. The Bertz CT molecular complexity index is 638. The van der Waals surface area contributed by atoms with Crippen molar-refractivity contribution in [2.75, 3.05) is 13.1 Å². The number of benzene rings is 1. The van der Waals surface area contributed by atoms with Crippen LogP contribution in [0.5, 0.6) is 0 Å². The third-order valence-electron chi connectivity index (χ3n) is 4.55. The Morgan fingerprint density at radius 3 is 2.89 bits per heavy atom. The molecule has 1 atom stereocenters. The minimum atomic E-state index is -0.198. The van der Waals surface area contributed by atoms with Gasteiger partial charge in [-0.25, -0.2) is 4.58 Å². The molecule has 3 rings (SSSR count). The van der Waals surface area contributed by atoms with Gasteiger partial charge in [0.15, 0.2) is 6.54 Å². The molecule has 19 heavy (non-hydrogen) atoms. The zero-order valence-corrected chi connectivity index (χ0v) is 12.3. The third kappa shape index (κ3) is 2.02. The molecule has 2 aliphatic heterocycles. The molecule has 2 heteroatoms. The van der Waals surface area contributed by atoms with Crippen LogP contribution in [0.15, 0.2) is 6.07 Å². The zero-order chi connectivity index (χ0) is 13.6. The van der Waals surface area contributed by atoms with Gasteiger partial charge in [-0.2, -0.15) is 0 Å². The highest BCUT2D eigenvalue weighted by molar-refractivity contribution is 5.47. The quantitative estimate of drug-likeness (QED) is 0.740. The molecule has 0 radical (unpaired) electrons. The van der Waals surface area contributed by atoms with Crippen LogP contribution < -0.4 is 15.2 Å². The highest BCUT2D eigenvalue weighted by Gasteiger charge is 2.30. The second kappa shape index (κ2) is 4.75. The van der Waals surface area contributed by atoms with Gasteiger partial charge in [0, 0.05) is 24.0 Å². The molecule has 1 aromatic rings. The molecule has 1 unspecified atom stereocenters. The minimum Gasteiger partial charge on any atom is -0.386 e. The Kier molecular flexibility index (Phi) is 3.22. The molecule has 2 heterocycles. The maximum atomic E-state index is 10.2. The molecule has 102 valence electrons. The average molecular weight is 258 g/mol. The van der Waals surface area contributed by atoms with Crippen LogP contribution in [0.4, 0.5) is 0 Å². The van der Waals surface area contributed by atoms with E-state index in [0.29, 0.717) is 0 Å². The molecule has 2 nitrogen and oxygen atoms in total. The van der Waals surface area contributed by atoms with Gasteiger partial charge in [0.25, 0.3) is 0 Å². The standard InChI is InChI=1S/C17H24NO/c1-4-14-15(11(2)3)8-12-6-5-7-18-10-13(19)9-16(14)17(12)18/h8,13,19H,4-7,9-10H2,1-3H3/q+1. The topological polar surface area (TPSA) is 23.2 Å². The van der Waals surface area contributed by atoms with Crippen LogP contribution in [0.1, 0.15) is 43.9 Å². The van der Waals surface area contributed by atoms with Gasteiger partial charge in [-0.3, -0.25) is 0 Å². The van der Waals surface area contributed by atoms with Crippen molar-refractivity contribution in [2.45, 2.75) is 52.6 Å². The first kappa shape index (κ1) is 12.9. The minimum absolute atomic E-state index is 0.198. The number of hydrogen-bond donors (Lipinski definition) is 1. The first-order valence-electron chi connectivity index (χ1n) is 7.53. The van der Waals surface area contributed by atoms with Crippen molar-refractivity contribution in [3.8, 4) is 0 Å². The number of hydrogen-bond acceptors (Lipinski definition) is 1. The summed E-state index contributed by atoms with van der Waals surface area (Å²) in [5, 5.41) is 13.1. The fourth-order valence-corrected chi connectivity index (χ4v) is 3.79.